The van der Waals surface area contributed by atoms with Gasteiger partial charge in [0.1, 0.15) is 11.5 Å². The summed E-state index contributed by atoms with van der Waals surface area (Å²) in [5.41, 5.74) is 3.12. The molecule has 1 aliphatic heterocycles. The number of aromatic nitrogens is 2. The molecular weight excluding hydrogens is 435 g/mol. The van der Waals surface area contributed by atoms with Crippen molar-refractivity contribution in [1.82, 2.24) is 14.5 Å². The number of pyridine rings is 1. The number of nitrogens with zero attached hydrogens (tertiary/aromatic N) is 3. The highest BCUT2D eigenvalue weighted by Crippen LogP contribution is 2.33. The minimum atomic E-state index is -0.328. The quantitative estimate of drug-likeness (QED) is 0.561. The third-order valence-corrected chi connectivity index (χ3v) is 5.82. The van der Waals surface area contributed by atoms with E-state index in [-0.39, 0.29) is 24.6 Å². The third kappa shape index (κ3) is 4.56. The molecule has 1 unspecified atom stereocenters. The Hall–Kier alpha value is -2.54. The monoisotopic (exact) mass is 458 g/mol. The predicted octanol–water partition coefficient (Wildman–Crippen LogP) is 4.69. The summed E-state index contributed by atoms with van der Waals surface area (Å²) in [5, 5.41) is 14.4. The van der Waals surface area contributed by atoms with Gasteiger partial charge in [0.15, 0.2) is 0 Å². The number of aliphatic hydroxyl groups excluding tert-OH is 1. The molecule has 162 valence electrons. The number of hydrogen-bond acceptors (Lipinski definition) is 4. The maximum atomic E-state index is 13.3. The SMILES string of the molecule is CC(C)Nc1cc(-c2cc3n(c2)CC(CO)N(Cc2cccc(Cl)c2)C3=O)c(Cl)cn1. The minimum Gasteiger partial charge on any atom is -0.394 e. The molecule has 6 nitrogen and oxygen atoms in total. The van der Waals surface area contributed by atoms with E-state index in [4.69, 9.17) is 23.2 Å². The summed E-state index contributed by atoms with van der Waals surface area (Å²) in [6, 6.07) is 11.1. The van der Waals surface area contributed by atoms with Crippen molar-refractivity contribution in [2.75, 3.05) is 11.9 Å². The van der Waals surface area contributed by atoms with Crippen molar-refractivity contribution in [2.24, 2.45) is 0 Å². The lowest BCUT2D eigenvalue weighted by atomic mass is 10.1. The molecule has 8 heteroatoms. The highest BCUT2D eigenvalue weighted by atomic mass is 35.5. The third-order valence-electron chi connectivity index (χ3n) is 5.28. The first kappa shape index (κ1) is 21.7. The van der Waals surface area contributed by atoms with Crippen LogP contribution in [0.1, 0.15) is 29.9 Å². The van der Waals surface area contributed by atoms with Crippen LogP contribution in [-0.4, -0.2) is 44.2 Å². The molecule has 31 heavy (non-hydrogen) atoms. The van der Waals surface area contributed by atoms with Gasteiger partial charge < -0.3 is 19.9 Å². The number of amides is 1. The highest BCUT2D eigenvalue weighted by Gasteiger charge is 2.33. The van der Waals surface area contributed by atoms with E-state index >= 15 is 0 Å². The van der Waals surface area contributed by atoms with Gasteiger partial charge in [-0.05, 0) is 43.7 Å². The van der Waals surface area contributed by atoms with Crippen LogP contribution in [0, 0.1) is 0 Å². The van der Waals surface area contributed by atoms with Crippen molar-refractivity contribution in [3.63, 3.8) is 0 Å². The molecule has 0 aliphatic carbocycles. The summed E-state index contributed by atoms with van der Waals surface area (Å²) in [6.45, 7) is 4.82. The Labute approximate surface area is 191 Å². The normalized spacial score (nSPS) is 16.0. The Morgan fingerprint density at radius 1 is 1.26 bits per heavy atom. The van der Waals surface area contributed by atoms with E-state index in [0.29, 0.717) is 28.8 Å². The lowest BCUT2D eigenvalue weighted by molar-refractivity contribution is 0.0461. The molecule has 0 saturated heterocycles. The summed E-state index contributed by atoms with van der Waals surface area (Å²) in [4.78, 5) is 19.3. The summed E-state index contributed by atoms with van der Waals surface area (Å²) < 4.78 is 1.89. The van der Waals surface area contributed by atoms with Gasteiger partial charge in [-0.2, -0.15) is 0 Å². The summed E-state index contributed by atoms with van der Waals surface area (Å²) >= 11 is 12.5. The van der Waals surface area contributed by atoms with Gasteiger partial charge in [-0.1, -0.05) is 35.3 Å². The molecule has 1 aromatic carbocycles. The molecule has 0 saturated carbocycles. The Morgan fingerprint density at radius 2 is 2.06 bits per heavy atom. The molecule has 0 radical (unpaired) electrons. The molecule has 4 rings (SSSR count). The van der Waals surface area contributed by atoms with Gasteiger partial charge in [0.25, 0.3) is 5.91 Å². The fraction of sp³-hybridized carbons (Fsp3) is 0.304. The lowest BCUT2D eigenvalue weighted by Crippen LogP contribution is -2.49. The molecule has 1 aliphatic rings. The van der Waals surface area contributed by atoms with Gasteiger partial charge in [-0.15, -0.1) is 0 Å². The Bertz CT molecular complexity index is 1110. The maximum absolute atomic E-state index is 13.3. The van der Waals surface area contributed by atoms with Crippen molar-refractivity contribution in [2.45, 2.75) is 39.0 Å². The molecule has 0 spiro atoms. The second kappa shape index (κ2) is 8.91. The molecule has 1 amide bonds. The molecule has 2 N–H and O–H groups in total. The van der Waals surface area contributed by atoms with Crippen LogP contribution in [-0.2, 0) is 13.1 Å². The van der Waals surface area contributed by atoms with E-state index in [0.717, 1.165) is 22.5 Å². The van der Waals surface area contributed by atoms with Crippen LogP contribution in [0.3, 0.4) is 0 Å². The van der Waals surface area contributed by atoms with Crippen LogP contribution in [0.4, 0.5) is 5.82 Å². The maximum Gasteiger partial charge on any atom is 0.271 e. The molecule has 1 atom stereocenters. The van der Waals surface area contributed by atoms with E-state index < -0.39 is 0 Å². The zero-order valence-corrected chi connectivity index (χ0v) is 18.9. The average molecular weight is 459 g/mol. The van der Waals surface area contributed by atoms with Gasteiger partial charge >= 0.3 is 0 Å². The van der Waals surface area contributed by atoms with Crippen molar-refractivity contribution in [3.05, 3.63) is 70.1 Å². The van der Waals surface area contributed by atoms with Crippen LogP contribution in [0.15, 0.2) is 48.8 Å². The van der Waals surface area contributed by atoms with Crippen LogP contribution < -0.4 is 5.32 Å². The van der Waals surface area contributed by atoms with Crippen molar-refractivity contribution in [3.8, 4) is 11.1 Å². The number of aliphatic hydroxyl groups is 1. The zero-order chi connectivity index (χ0) is 22.1. The Balaban J connectivity index is 1.67. The molecule has 0 bridgehead atoms. The van der Waals surface area contributed by atoms with Crippen molar-refractivity contribution in [1.29, 1.82) is 0 Å². The fourth-order valence-electron chi connectivity index (χ4n) is 3.85. The van der Waals surface area contributed by atoms with Gasteiger partial charge in [-0.25, -0.2) is 4.98 Å². The van der Waals surface area contributed by atoms with Crippen LogP contribution in [0.5, 0.6) is 0 Å². The number of carbonyl (C=O) groups excluding carboxylic acids is 1. The Kier molecular flexibility index (Phi) is 6.23. The van der Waals surface area contributed by atoms with Gasteiger partial charge in [0.2, 0.25) is 0 Å². The number of anilines is 1. The van der Waals surface area contributed by atoms with Crippen LogP contribution in [0.25, 0.3) is 11.1 Å². The predicted molar refractivity (Wildman–Crippen MR) is 124 cm³/mol. The molecule has 0 fully saturated rings. The first-order valence-corrected chi connectivity index (χ1v) is 10.9. The topological polar surface area (TPSA) is 70.4 Å². The number of nitrogens with one attached hydrogen (secondary N) is 1. The second-order valence-electron chi connectivity index (χ2n) is 8.01. The number of fused-ring (bicyclic) bond motifs is 1. The van der Waals surface area contributed by atoms with E-state index in [1.165, 1.54) is 0 Å². The fourth-order valence-corrected chi connectivity index (χ4v) is 4.28. The largest absolute Gasteiger partial charge is 0.394 e. The number of benzene rings is 1. The van der Waals surface area contributed by atoms with Gasteiger partial charge in [0, 0.05) is 47.7 Å². The van der Waals surface area contributed by atoms with E-state index in [2.05, 4.69) is 10.3 Å². The Morgan fingerprint density at radius 3 is 2.77 bits per heavy atom. The highest BCUT2D eigenvalue weighted by molar-refractivity contribution is 6.33. The number of rotatable bonds is 6. The number of halogens is 2. The second-order valence-corrected chi connectivity index (χ2v) is 8.86. The van der Waals surface area contributed by atoms with Crippen LogP contribution in [0.2, 0.25) is 10.0 Å². The lowest BCUT2D eigenvalue weighted by Gasteiger charge is -2.35. The first-order chi connectivity index (χ1) is 14.9. The molecule has 3 aromatic rings. The van der Waals surface area contributed by atoms with E-state index in [1.54, 1.807) is 17.2 Å². The van der Waals surface area contributed by atoms with Crippen LogP contribution >= 0.6 is 23.2 Å². The summed E-state index contributed by atoms with van der Waals surface area (Å²) in [5.74, 6) is 0.586. The summed E-state index contributed by atoms with van der Waals surface area (Å²) in [6.07, 6.45) is 3.52. The first-order valence-electron chi connectivity index (χ1n) is 10.1. The van der Waals surface area contributed by atoms with E-state index in [9.17, 15) is 9.90 Å². The number of hydrogen-bond donors (Lipinski definition) is 2. The molecule has 3 heterocycles. The van der Waals surface area contributed by atoms with Crippen molar-refractivity contribution >= 4 is 34.9 Å². The van der Waals surface area contributed by atoms with Gasteiger partial charge in [0.05, 0.1) is 17.7 Å². The van der Waals surface area contributed by atoms with Gasteiger partial charge in [-0.3, -0.25) is 4.79 Å². The molecule has 2 aromatic heterocycles. The standard InChI is InChI=1S/C23H24Cl2N4O2/c1-14(2)27-22-8-19(20(25)9-26-22)16-7-21-23(31)29(18(13-30)12-28(21)11-16)10-15-4-3-5-17(24)6-15/h3-9,11,14,18,30H,10,12-13H2,1-2H3,(H,26,27). The van der Waals surface area contributed by atoms with Crippen molar-refractivity contribution < 1.29 is 9.90 Å². The zero-order valence-electron chi connectivity index (χ0n) is 17.3. The minimum absolute atomic E-state index is 0.127. The summed E-state index contributed by atoms with van der Waals surface area (Å²) in [7, 11) is 0. The molecular formula is C23H24Cl2N4O2. The smallest absolute Gasteiger partial charge is 0.271 e. The van der Waals surface area contributed by atoms with E-state index in [1.807, 2.05) is 54.9 Å². The average Bonchev–Trinajstić information content (AvgIpc) is 3.15. The number of carbonyl (C=O) groups is 1.